The number of rotatable bonds is 5. The number of anilines is 1. The first-order valence-electron chi connectivity index (χ1n) is 7.14. The Labute approximate surface area is 142 Å². The lowest BCUT2D eigenvalue weighted by molar-refractivity contribution is -0.111. The van der Waals surface area contributed by atoms with Crippen LogP contribution >= 0.6 is 11.3 Å². The zero-order valence-electron chi connectivity index (χ0n) is 12.8. The first kappa shape index (κ1) is 15.8. The van der Waals surface area contributed by atoms with Crippen molar-refractivity contribution in [2.75, 3.05) is 5.32 Å². The molecule has 1 aromatic carbocycles. The number of aryl methyl sites for hydroxylation is 1. The molecule has 24 heavy (non-hydrogen) atoms. The van der Waals surface area contributed by atoms with E-state index < -0.39 is 0 Å². The van der Waals surface area contributed by atoms with Gasteiger partial charge in [0.05, 0.1) is 16.9 Å². The zero-order chi connectivity index (χ0) is 16.8. The lowest BCUT2D eigenvalue weighted by Gasteiger charge is -2.05. The maximum Gasteiger partial charge on any atom is 0.248 e. The van der Waals surface area contributed by atoms with Gasteiger partial charge in [-0.15, -0.1) is 11.3 Å². The summed E-state index contributed by atoms with van der Waals surface area (Å²) in [4.78, 5) is 24.1. The molecule has 0 fully saturated rings. The van der Waals surface area contributed by atoms with Crippen LogP contribution in [0.15, 0.2) is 54.3 Å². The molecule has 0 bridgehead atoms. The van der Waals surface area contributed by atoms with Crippen molar-refractivity contribution in [3.63, 3.8) is 0 Å². The summed E-state index contributed by atoms with van der Waals surface area (Å²) in [7, 11) is 0. The molecule has 0 aliphatic carbocycles. The van der Waals surface area contributed by atoms with Gasteiger partial charge in [-0.25, -0.2) is 9.97 Å². The molecule has 120 valence electrons. The molecular formula is C17H14N4O2S. The van der Waals surface area contributed by atoms with Crippen LogP contribution in [0.4, 0.5) is 5.69 Å². The van der Waals surface area contributed by atoms with Crippen molar-refractivity contribution < 1.29 is 9.53 Å². The van der Waals surface area contributed by atoms with E-state index in [1.807, 2.05) is 12.3 Å². The van der Waals surface area contributed by atoms with Crippen LogP contribution in [0.3, 0.4) is 0 Å². The van der Waals surface area contributed by atoms with Crippen molar-refractivity contribution in [1.29, 1.82) is 0 Å². The van der Waals surface area contributed by atoms with Crippen molar-refractivity contribution >= 4 is 29.0 Å². The average molecular weight is 338 g/mol. The van der Waals surface area contributed by atoms with E-state index in [0.717, 1.165) is 10.7 Å². The number of amides is 1. The van der Waals surface area contributed by atoms with E-state index >= 15 is 0 Å². The Morgan fingerprint density at radius 3 is 2.75 bits per heavy atom. The Morgan fingerprint density at radius 2 is 2.08 bits per heavy atom. The van der Waals surface area contributed by atoms with Crippen molar-refractivity contribution in [2.45, 2.75) is 6.92 Å². The predicted octanol–water partition coefficient (Wildman–Crippen LogP) is 3.69. The van der Waals surface area contributed by atoms with Crippen molar-refractivity contribution in [3.8, 4) is 11.6 Å². The van der Waals surface area contributed by atoms with Crippen LogP contribution in [-0.2, 0) is 4.79 Å². The molecule has 0 saturated carbocycles. The fraction of sp³-hybridized carbons (Fsp3) is 0.0588. The molecule has 3 aromatic rings. The second-order valence-electron chi connectivity index (χ2n) is 4.78. The number of hydrogen-bond acceptors (Lipinski definition) is 6. The third-order valence-electron chi connectivity index (χ3n) is 2.93. The summed E-state index contributed by atoms with van der Waals surface area (Å²) in [5.41, 5.74) is 1.45. The van der Waals surface area contributed by atoms with E-state index in [4.69, 9.17) is 4.74 Å². The number of nitrogens with one attached hydrogen (secondary N) is 1. The average Bonchev–Trinajstić information content (AvgIpc) is 3.01. The topological polar surface area (TPSA) is 77.0 Å². The lowest BCUT2D eigenvalue weighted by atomic mass is 10.3. The Morgan fingerprint density at radius 1 is 1.25 bits per heavy atom. The van der Waals surface area contributed by atoms with Gasteiger partial charge in [0.25, 0.3) is 0 Å². The van der Waals surface area contributed by atoms with Crippen molar-refractivity contribution in [1.82, 2.24) is 15.0 Å². The van der Waals surface area contributed by atoms with Gasteiger partial charge in [0.2, 0.25) is 11.8 Å². The molecule has 1 amide bonds. The molecule has 0 saturated heterocycles. The Kier molecular flexibility index (Phi) is 4.93. The highest BCUT2D eigenvalue weighted by molar-refractivity contribution is 7.09. The van der Waals surface area contributed by atoms with Gasteiger partial charge in [0.1, 0.15) is 5.75 Å². The lowest BCUT2D eigenvalue weighted by Crippen LogP contribution is -2.07. The molecule has 6 nitrogen and oxygen atoms in total. The van der Waals surface area contributed by atoms with Crippen LogP contribution in [0, 0.1) is 6.92 Å². The van der Waals surface area contributed by atoms with Gasteiger partial charge in [0, 0.05) is 29.5 Å². The number of nitrogens with zero attached hydrogens (tertiary/aromatic N) is 3. The maximum atomic E-state index is 11.9. The van der Waals surface area contributed by atoms with Gasteiger partial charge in [-0.1, -0.05) is 0 Å². The van der Waals surface area contributed by atoms with E-state index in [1.165, 1.54) is 12.3 Å². The standard InChI is InChI=1S/C17H14N4O2S/c1-12-20-14(11-24-12)4-7-16(22)21-13-2-5-15(6-3-13)23-17-10-18-8-9-19-17/h2-11H,1H3,(H,21,22)/b7-4+. The normalized spacial score (nSPS) is 10.7. The van der Waals surface area contributed by atoms with Crippen LogP contribution in [0.5, 0.6) is 11.6 Å². The van der Waals surface area contributed by atoms with Crippen LogP contribution in [0.2, 0.25) is 0 Å². The number of carbonyl (C=O) groups is 1. The number of ether oxygens (including phenoxy) is 1. The van der Waals surface area contributed by atoms with Gasteiger partial charge >= 0.3 is 0 Å². The van der Waals surface area contributed by atoms with Gasteiger partial charge < -0.3 is 10.1 Å². The van der Waals surface area contributed by atoms with Crippen molar-refractivity contribution in [2.24, 2.45) is 0 Å². The molecule has 0 atom stereocenters. The largest absolute Gasteiger partial charge is 0.438 e. The number of benzene rings is 1. The van der Waals surface area contributed by atoms with Crippen molar-refractivity contribution in [3.05, 3.63) is 65.0 Å². The molecular weight excluding hydrogens is 324 g/mol. The number of aromatic nitrogens is 3. The summed E-state index contributed by atoms with van der Waals surface area (Å²) >= 11 is 1.54. The molecule has 3 rings (SSSR count). The van der Waals surface area contributed by atoms with Crippen LogP contribution in [0.25, 0.3) is 6.08 Å². The van der Waals surface area contributed by atoms with Crippen LogP contribution < -0.4 is 10.1 Å². The third kappa shape index (κ3) is 4.47. The van der Waals surface area contributed by atoms with Gasteiger partial charge in [0.15, 0.2) is 0 Å². The van der Waals surface area contributed by atoms with Crippen LogP contribution in [-0.4, -0.2) is 20.9 Å². The highest BCUT2D eigenvalue weighted by Gasteiger charge is 2.01. The SMILES string of the molecule is Cc1nc(/C=C/C(=O)Nc2ccc(Oc3cnccn3)cc2)cs1. The highest BCUT2D eigenvalue weighted by Crippen LogP contribution is 2.20. The molecule has 0 aliphatic rings. The summed E-state index contributed by atoms with van der Waals surface area (Å²) in [6.45, 7) is 1.92. The molecule has 0 radical (unpaired) electrons. The number of hydrogen-bond donors (Lipinski definition) is 1. The zero-order valence-corrected chi connectivity index (χ0v) is 13.7. The molecule has 0 aliphatic heterocycles. The predicted molar refractivity (Wildman–Crippen MR) is 93.1 cm³/mol. The van der Waals surface area contributed by atoms with Crippen LogP contribution in [0.1, 0.15) is 10.7 Å². The minimum absolute atomic E-state index is 0.219. The number of carbonyl (C=O) groups excluding carboxylic acids is 1. The monoisotopic (exact) mass is 338 g/mol. The van der Waals surface area contributed by atoms with E-state index in [9.17, 15) is 4.79 Å². The summed E-state index contributed by atoms with van der Waals surface area (Å²) in [6.07, 6.45) is 7.80. The summed E-state index contributed by atoms with van der Waals surface area (Å²) in [6, 6.07) is 7.00. The third-order valence-corrected chi connectivity index (χ3v) is 3.72. The maximum absolute atomic E-state index is 11.9. The summed E-state index contributed by atoms with van der Waals surface area (Å²) in [5.74, 6) is 0.806. The van der Waals surface area contributed by atoms with Gasteiger partial charge in [-0.2, -0.15) is 0 Å². The van der Waals surface area contributed by atoms with Gasteiger partial charge in [-0.3, -0.25) is 9.78 Å². The first-order chi connectivity index (χ1) is 11.7. The molecule has 2 heterocycles. The second kappa shape index (κ2) is 7.47. The highest BCUT2D eigenvalue weighted by atomic mass is 32.1. The van der Waals surface area contributed by atoms with E-state index in [-0.39, 0.29) is 5.91 Å². The Bertz CT molecular complexity index is 845. The Balaban J connectivity index is 1.57. The molecule has 7 heteroatoms. The quantitative estimate of drug-likeness (QED) is 0.718. The second-order valence-corrected chi connectivity index (χ2v) is 5.85. The fourth-order valence-electron chi connectivity index (χ4n) is 1.87. The molecule has 1 N–H and O–H groups in total. The minimum atomic E-state index is -0.219. The Hall–Kier alpha value is -3.06. The minimum Gasteiger partial charge on any atom is -0.438 e. The summed E-state index contributed by atoms with van der Waals surface area (Å²) in [5, 5.41) is 5.64. The number of thiazole rings is 1. The smallest absolute Gasteiger partial charge is 0.248 e. The summed E-state index contributed by atoms with van der Waals surface area (Å²) < 4.78 is 5.54. The van der Waals surface area contributed by atoms with E-state index in [0.29, 0.717) is 17.3 Å². The molecule has 0 spiro atoms. The van der Waals surface area contributed by atoms with E-state index in [1.54, 1.807) is 54.1 Å². The van der Waals surface area contributed by atoms with Gasteiger partial charge in [-0.05, 0) is 37.3 Å². The first-order valence-corrected chi connectivity index (χ1v) is 8.02. The van der Waals surface area contributed by atoms with E-state index in [2.05, 4.69) is 20.3 Å². The fourth-order valence-corrected chi connectivity index (χ4v) is 2.45. The molecule has 2 aromatic heterocycles. The molecule has 0 unspecified atom stereocenters.